The third kappa shape index (κ3) is 6.58. The highest BCUT2D eigenvalue weighted by Gasteiger charge is 2.27. The number of carbonyl (C=O) groups is 3. The lowest BCUT2D eigenvalue weighted by Crippen LogP contribution is -2.47. The molecule has 150 valence electrons. The second-order valence-corrected chi connectivity index (χ2v) is 6.25. The molecule has 0 saturated carbocycles. The maximum atomic E-state index is 12.1. The van der Waals surface area contributed by atoms with Gasteiger partial charge in [-0.25, -0.2) is 9.59 Å². The Labute approximate surface area is 161 Å². The summed E-state index contributed by atoms with van der Waals surface area (Å²) in [6, 6.07) is 6.27. The Balaban J connectivity index is 2.62. The van der Waals surface area contributed by atoms with Gasteiger partial charge in [0.15, 0.2) is 6.61 Å². The van der Waals surface area contributed by atoms with Gasteiger partial charge in [0.1, 0.15) is 6.04 Å². The van der Waals surface area contributed by atoms with Gasteiger partial charge in [0.2, 0.25) is 0 Å². The van der Waals surface area contributed by atoms with Crippen molar-refractivity contribution >= 4 is 23.5 Å². The Hall–Kier alpha value is -2.57. The number of hydrogen-bond acceptors (Lipinski definition) is 6. The lowest BCUT2D eigenvalue weighted by atomic mass is 9.99. The summed E-state index contributed by atoms with van der Waals surface area (Å²) in [7, 11) is 1.27. The molecule has 7 nitrogen and oxygen atoms in total. The predicted molar refractivity (Wildman–Crippen MR) is 104 cm³/mol. The molecule has 0 aliphatic heterocycles. The number of rotatable bonds is 10. The van der Waals surface area contributed by atoms with Crippen LogP contribution in [0.3, 0.4) is 0 Å². The molecule has 0 aromatic heterocycles. The highest BCUT2D eigenvalue weighted by atomic mass is 16.5. The van der Waals surface area contributed by atoms with Crippen LogP contribution in [0.15, 0.2) is 24.3 Å². The number of amides is 1. The highest BCUT2D eigenvalue weighted by Crippen LogP contribution is 2.15. The molecule has 7 heteroatoms. The van der Waals surface area contributed by atoms with Crippen molar-refractivity contribution in [2.24, 2.45) is 5.92 Å². The quantitative estimate of drug-likeness (QED) is 0.629. The molecule has 1 amide bonds. The van der Waals surface area contributed by atoms with Crippen LogP contribution in [-0.2, 0) is 19.1 Å². The average Bonchev–Trinajstić information content (AvgIpc) is 2.70. The second-order valence-electron chi connectivity index (χ2n) is 6.25. The Morgan fingerprint density at radius 1 is 1.07 bits per heavy atom. The fraction of sp³-hybridized carbons (Fsp3) is 0.550. The molecule has 0 saturated heterocycles. The summed E-state index contributed by atoms with van der Waals surface area (Å²) >= 11 is 0. The third-order valence-corrected chi connectivity index (χ3v) is 4.55. The fourth-order valence-corrected chi connectivity index (χ4v) is 2.62. The van der Waals surface area contributed by atoms with Crippen molar-refractivity contribution < 1.29 is 23.9 Å². The van der Waals surface area contributed by atoms with Crippen LogP contribution in [0.5, 0.6) is 0 Å². The zero-order chi connectivity index (χ0) is 20.4. The van der Waals surface area contributed by atoms with Crippen molar-refractivity contribution in [3.8, 4) is 0 Å². The lowest BCUT2D eigenvalue weighted by Gasteiger charge is -2.22. The number of nitrogens with zero attached hydrogens (tertiary/aromatic N) is 1. The van der Waals surface area contributed by atoms with E-state index in [9.17, 15) is 14.4 Å². The van der Waals surface area contributed by atoms with Crippen LogP contribution in [0.4, 0.5) is 5.69 Å². The number of nitrogens with one attached hydrogen (secondary N) is 1. The van der Waals surface area contributed by atoms with Crippen LogP contribution in [0.25, 0.3) is 0 Å². The van der Waals surface area contributed by atoms with Gasteiger partial charge in [-0.2, -0.15) is 0 Å². The van der Waals surface area contributed by atoms with E-state index >= 15 is 0 Å². The Kier molecular flexibility index (Phi) is 9.33. The first-order chi connectivity index (χ1) is 12.9. The number of carbonyl (C=O) groups excluding carboxylic acids is 3. The maximum absolute atomic E-state index is 12.1. The average molecular weight is 378 g/mol. The van der Waals surface area contributed by atoms with E-state index in [1.54, 1.807) is 12.1 Å². The number of anilines is 1. The zero-order valence-corrected chi connectivity index (χ0v) is 16.8. The number of methoxy groups -OCH3 is 1. The van der Waals surface area contributed by atoms with Gasteiger partial charge < -0.3 is 19.7 Å². The largest absolute Gasteiger partial charge is 0.467 e. The molecule has 0 heterocycles. The topological polar surface area (TPSA) is 84.9 Å². The monoisotopic (exact) mass is 378 g/mol. The van der Waals surface area contributed by atoms with Gasteiger partial charge in [0.05, 0.1) is 12.7 Å². The van der Waals surface area contributed by atoms with Crippen LogP contribution in [0.2, 0.25) is 0 Å². The number of hydrogen-bond donors (Lipinski definition) is 1. The first-order valence-electron chi connectivity index (χ1n) is 9.27. The van der Waals surface area contributed by atoms with Gasteiger partial charge in [-0.15, -0.1) is 0 Å². The van der Waals surface area contributed by atoms with Crippen LogP contribution in [0.1, 0.15) is 44.5 Å². The van der Waals surface area contributed by atoms with Crippen molar-refractivity contribution in [2.45, 2.75) is 40.2 Å². The molecule has 1 N–H and O–H groups in total. The molecule has 1 aromatic rings. The van der Waals surface area contributed by atoms with E-state index in [0.717, 1.165) is 18.8 Å². The molecule has 0 spiro atoms. The smallest absolute Gasteiger partial charge is 0.338 e. The molecule has 0 unspecified atom stereocenters. The van der Waals surface area contributed by atoms with E-state index in [4.69, 9.17) is 9.47 Å². The maximum Gasteiger partial charge on any atom is 0.338 e. The molecule has 27 heavy (non-hydrogen) atoms. The van der Waals surface area contributed by atoms with Crippen molar-refractivity contribution in [1.82, 2.24) is 5.32 Å². The Bertz CT molecular complexity index is 626. The van der Waals surface area contributed by atoms with Crippen molar-refractivity contribution in [3.05, 3.63) is 29.8 Å². The normalized spacial score (nSPS) is 12.6. The number of benzene rings is 1. The van der Waals surface area contributed by atoms with Crippen molar-refractivity contribution in [2.75, 3.05) is 31.7 Å². The van der Waals surface area contributed by atoms with Crippen LogP contribution < -0.4 is 10.2 Å². The molecule has 1 aromatic carbocycles. The first-order valence-corrected chi connectivity index (χ1v) is 9.27. The molecular weight excluding hydrogens is 348 g/mol. The van der Waals surface area contributed by atoms with Gasteiger partial charge in [-0.05, 0) is 44.0 Å². The van der Waals surface area contributed by atoms with Gasteiger partial charge in [0, 0.05) is 18.8 Å². The lowest BCUT2D eigenvalue weighted by molar-refractivity contribution is -0.147. The van der Waals surface area contributed by atoms with Gasteiger partial charge in [-0.1, -0.05) is 20.3 Å². The molecule has 2 atom stereocenters. The second kappa shape index (κ2) is 11.2. The zero-order valence-electron chi connectivity index (χ0n) is 16.8. The summed E-state index contributed by atoms with van der Waals surface area (Å²) in [5, 5.41) is 2.57. The van der Waals surface area contributed by atoms with Crippen LogP contribution in [-0.4, -0.2) is 50.7 Å². The molecule has 1 rings (SSSR count). The summed E-state index contributed by atoms with van der Waals surface area (Å²) in [6.45, 7) is 9.16. The third-order valence-electron chi connectivity index (χ3n) is 4.55. The van der Waals surface area contributed by atoms with E-state index in [1.165, 1.54) is 7.11 Å². The van der Waals surface area contributed by atoms with Gasteiger partial charge in [-0.3, -0.25) is 4.79 Å². The highest BCUT2D eigenvalue weighted by molar-refractivity contribution is 5.92. The summed E-state index contributed by atoms with van der Waals surface area (Å²) in [5.41, 5.74) is 1.38. The molecule has 0 fully saturated rings. The molecule has 0 aliphatic rings. The number of esters is 2. The van der Waals surface area contributed by atoms with Crippen LogP contribution in [0, 0.1) is 5.92 Å². The minimum absolute atomic E-state index is 0.0928. The minimum Gasteiger partial charge on any atom is -0.467 e. The molecular formula is C20H30N2O5. The predicted octanol–water partition coefficient (Wildman–Crippen LogP) is 2.39. The van der Waals surface area contributed by atoms with E-state index in [-0.39, 0.29) is 5.92 Å². The fourth-order valence-electron chi connectivity index (χ4n) is 2.62. The molecule has 0 radical (unpaired) electrons. The summed E-state index contributed by atoms with van der Waals surface area (Å²) < 4.78 is 9.77. The Morgan fingerprint density at radius 2 is 1.67 bits per heavy atom. The van der Waals surface area contributed by atoms with E-state index in [0.29, 0.717) is 12.0 Å². The van der Waals surface area contributed by atoms with Crippen molar-refractivity contribution in [1.29, 1.82) is 0 Å². The standard InChI is InChI=1S/C20H30N2O5/c1-6-14(4)18(20(25)26-5)21-17(23)13-27-19(24)15-9-11-16(12-10-15)22(7-2)8-3/h9-12,14,18H,6-8,13H2,1-5H3,(H,21,23)/t14-,18+/m0/s1. The van der Waals surface area contributed by atoms with E-state index < -0.39 is 30.5 Å². The minimum atomic E-state index is -0.764. The van der Waals surface area contributed by atoms with E-state index in [2.05, 4.69) is 24.1 Å². The molecule has 0 aliphatic carbocycles. The summed E-state index contributed by atoms with van der Waals surface area (Å²) in [4.78, 5) is 38.1. The van der Waals surface area contributed by atoms with Crippen molar-refractivity contribution in [3.63, 3.8) is 0 Å². The molecule has 0 bridgehead atoms. The first kappa shape index (κ1) is 22.5. The summed E-state index contributed by atoms with van der Waals surface area (Å²) in [6.07, 6.45) is 0.693. The summed E-state index contributed by atoms with van der Waals surface area (Å²) in [5.74, 6) is -1.74. The number of ether oxygens (including phenoxy) is 2. The van der Waals surface area contributed by atoms with Gasteiger partial charge >= 0.3 is 11.9 Å². The van der Waals surface area contributed by atoms with E-state index in [1.807, 2.05) is 26.0 Å². The van der Waals surface area contributed by atoms with Crippen LogP contribution >= 0.6 is 0 Å². The Morgan fingerprint density at radius 3 is 2.15 bits per heavy atom. The van der Waals surface area contributed by atoms with Gasteiger partial charge in [0.25, 0.3) is 5.91 Å². The SMILES string of the molecule is CC[C@H](C)[C@@H](NC(=O)COC(=O)c1ccc(N(CC)CC)cc1)C(=O)OC.